The molecular weight excluding hydrogens is 348 g/mol. The van der Waals surface area contributed by atoms with Crippen molar-refractivity contribution in [3.8, 4) is 5.75 Å². The van der Waals surface area contributed by atoms with Gasteiger partial charge in [-0.2, -0.15) is 0 Å². The Labute approximate surface area is 158 Å². The number of hydrogen-bond donors (Lipinski definition) is 0. The minimum Gasteiger partial charge on any atom is -0.492 e. The molecule has 0 aliphatic heterocycles. The molecule has 0 saturated carbocycles. The first-order valence-corrected chi connectivity index (χ1v) is 10.5. The molecule has 1 aromatic heterocycles. The quantitative estimate of drug-likeness (QED) is 0.475. The van der Waals surface area contributed by atoms with Gasteiger partial charge >= 0.3 is 0 Å². The largest absolute Gasteiger partial charge is 0.492 e. The number of aromatic nitrogens is 1. The van der Waals surface area contributed by atoms with Crippen molar-refractivity contribution < 1.29 is 4.74 Å². The summed E-state index contributed by atoms with van der Waals surface area (Å²) < 4.78 is 8.22. The summed E-state index contributed by atoms with van der Waals surface area (Å²) in [7, 11) is 0. The average molecular weight is 373 g/mol. The molecule has 0 N–H and O–H groups in total. The predicted octanol–water partition coefficient (Wildman–Crippen LogP) is 5.31. The molecule has 3 nitrogen and oxygen atoms in total. The van der Waals surface area contributed by atoms with Crippen molar-refractivity contribution in [2.24, 2.45) is 0 Å². The molecule has 0 spiro atoms. The highest BCUT2D eigenvalue weighted by Gasteiger charge is 2.07. The molecule has 0 fully saturated rings. The molecule has 3 aromatic rings. The van der Waals surface area contributed by atoms with E-state index in [1.807, 2.05) is 12.1 Å². The van der Waals surface area contributed by atoms with Crippen molar-refractivity contribution in [2.75, 3.05) is 26.2 Å². The Morgan fingerprint density at radius 2 is 1.88 bits per heavy atom. The van der Waals surface area contributed by atoms with Crippen LogP contribution in [0.1, 0.15) is 19.4 Å². The van der Waals surface area contributed by atoms with Gasteiger partial charge in [-0.1, -0.05) is 55.9 Å². The maximum absolute atomic E-state index is 5.92. The van der Waals surface area contributed by atoms with Crippen LogP contribution in [0, 0.1) is 0 Å². The van der Waals surface area contributed by atoms with Crippen LogP contribution in [0.25, 0.3) is 10.2 Å². The van der Waals surface area contributed by atoms with Crippen LogP contribution in [0.5, 0.6) is 5.75 Å². The van der Waals surface area contributed by atoms with E-state index in [2.05, 4.69) is 55.1 Å². The first-order valence-electron chi connectivity index (χ1n) is 8.71. The molecule has 0 aliphatic carbocycles. The van der Waals surface area contributed by atoms with Crippen LogP contribution in [0.4, 0.5) is 0 Å². The zero-order valence-corrected chi connectivity index (χ0v) is 16.4. The van der Waals surface area contributed by atoms with Crippen LogP contribution >= 0.6 is 23.1 Å². The third-order valence-electron chi connectivity index (χ3n) is 4.12. The Bertz CT molecular complexity index is 785. The van der Waals surface area contributed by atoms with E-state index in [-0.39, 0.29) is 0 Å². The van der Waals surface area contributed by atoms with Gasteiger partial charge in [-0.25, -0.2) is 4.98 Å². The zero-order valence-electron chi connectivity index (χ0n) is 14.8. The van der Waals surface area contributed by atoms with Gasteiger partial charge in [-0.15, -0.1) is 11.3 Å². The molecule has 0 aliphatic rings. The molecule has 0 amide bonds. The first-order chi connectivity index (χ1) is 12.3. The molecule has 132 valence electrons. The Hall–Kier alpha value is -1.56. The average Bonchev–Trinajstić information content (AvgIpc) is 3.06. The number of fused-ring (bicyclic) bond motifs is 1. The summed E-state index contributed by atoms with van der Waals surface area (Å²) in [4.78, 5) is 7.09. The normalized spacial score (nSPS) is 11.3. The number of rotatable bonds is 9. The summed E-state index contributed by atoms with van der Waals surface area (Å²) in [6.07, 6.45) is 0. The maximum Gasteiger partial charge on any atom is 0.151 e. The van der Waals surface area contributed by atoms with Crippen molar-refractivity contribution in [1.29, 1.82) is 0 Å². The smallest absolute Gasteiger partial charge is 0.151 e. The second-order valence-corrected chi connectivity index (χ2v) is 8.01. The van der Waals surface area contributed by atoms with Crippen LogP contribution < -0.4 is 4.74 Å². The maximum atomic E-state index is 5.92. The van der Waals surface area contributed by atoms with E-state index >= 15 is 0 Å². The van der Waals surface area contributed by atoms with Gasteiger partial charge in [0.15, 0.2) is 4.34 Å². The fraction of sp³-hybridized carbons (Fsp3) is 0.350. The number of likely N-dealkylation sites (N-methyl/N-ethyl adjacent to an activating group) is 1. The summed E-state index contributed by atoms with van der Waals surface area (Å²) in [5.74, 6) is 1.89. The molecule has 0 atom stereocenters. The topological polar surface area (TPSA) is 25.4 Å². The zero-order chi connectivity index (χ0) is 17.5. The summed E-state index contributed by atoms with van der Waals surface area (Å²) in [6, 6.07) is 16.7. The van der Waals surface area contributed by atoms with E-state index in [1.54, 1.807) is 23.1 Å². The second-order valence-electron chi connectivity index (χ2n) is 5.76. The molecule has 2 aromatic carbocycles. The van der Waals surface area contributed by atoms with Gasteiger partial charge in [0.1, 0.15) is 12.4 Å². The van der Waals surface area contributed by atoms with Crippen LogP contribution in [-0.4, -0.2) is 36.1 Å². The highest BCUT2D eigenvalue weighted by Crippen LogP contribution is 2.33. The number of ether oxygens (including phenoxy) is 1. The number of benzene rings is 2. The van der Waals surface area contributed by atoms with Gasteiger partial charge in [0.25, 0.3) is 0 Å². The monoisotopic (exact) mass is 372 g/mol. The Kier molecular flexibility index (Phi) is 6.73. The highest BCUT2D eigenvalue weighted by atomic mass is 32.2. The number of hydrogen-bond acceptors (Lipinski definition) is 5. The summed E-state index contributed by atoms with van der Waals surface area (Å²) in [6.45, 7) is 8.18. The molecule has 5 heteroatoms. The predicted molar refractivity (Wildman–Crippen MR) is 109 cm³/mol. The third-order valence-corrected chi connectivity index (χ3v) is 6.35. The number of thioether (sulfide) groups is 1. The molecule has 0 unspecified atom stereocenters. The van der Waals surface area contributed by atoms with Crippen molar-refractivity contribution in [3.05, 3.63) is 54.1 Å². The van der Waals surface area contributed by atoms with Gasteiger partial charge in [0.2, 0.25) is 0 Å². The van der Waals surface area contributed by atoms with Crippen molar-refractivity contribution in [3.63, 3.8) is 0 Å². The molecule has 0 bridgehead atoms. The standard InChI is InChI=1S/C20H24N2OS2/c1-3-22(4-2)12-13-23-17-10-11-18-19(14-17)25-20(21-18)24-15-16-8-6-5-7-9-16/h5-11,14H,3-4,12-13,15H2,1-2H3. The Balaban J connectivity index is 1.59. The number of thiazole rings is 1. The van der Waals surface area contributed by atoms with Gasteiger partial charge in [0, 0.05) is 12.3 Å². The van der Waals surface area contributed by atoms with E-state index < -0.39 is 0 Å². The van der Waals surface area contributed by atoms with E-state index in [0.717, 1.165) is 47.6 Å². The van der Waals surface area contributed by atoms with E-state index in [4.69, 9.17) is 9.72 Å². The Morgan fingerprint density at radius 1 is 1.08 bits per heavy atom. The second kappa shape index (κ2) is 9.22. The molecule has 0 radical (unpaired) electrons. The molecular formula is C20H24N2OS2. The lowest BCUT2D eigenvalue weighted by Gasteiger charge is -2.17. The Morgan fingerprint density at radius 3 is 2.64 bits per heavy atom. The third kappa shape index (κ3) is 5.21. The fourth-order valence-electron chi connectivity index (χ4n) is 2.59. The molecule has 25 heavy (non-hydrogen) atoms. The van der Waals surface area contributed by atoms with Crippen LogP contribution in [0.15, 0.2) is 52.9 Å². The van der Waals surface area contributed by atoms with Gasteiger partial charge < -0.3 is 9.64 Å². The van der Waals surface area contributed by atoms with Gasteiger partial charge in [-0.05, 0) is 36.9 Å². The molecule has 1 heterocycles. The minimum atomic E-state index is 0.724. The first kappa shape index (κ1) is 18.2. The van der Waals surface area contributed by atoms with Gasteiger partial charge in [0.05, 0.1) is 10.2 Å². The fourth-order valence-corrected chi connectivity index (χ4v) is 4.64. The van der Waals surface area contributed by atoms with E-state index in [9.17, 15) is 0 Å². The summed E-state index contributed by atoms with van der Waals surface area (Å²) >= 11 is 3.53. The van der Waals surface area contributed by atoms with Crippen molar-refractivity contribution in [1.82, 2.24) is 9.88 Å². The van der Waals surface area contributed by atoms with Gasteiger partial charge in [-0.3, -0.25) is 0 Å². The lowest BCUT2D eigenvalue weighted by Crippen LogP contribution is -2.27. The number of nitrogens with zero attached hydrogens (tertiary/aromatic N) is 2. The highest BCUT2D eigenvalue weighted by molar-refractivity contribution is 8.00. The van der Waals surface area contributed by atoms with Crippen LogP contribution in [0.2, 0.25) is 0 Å². The minimum absolute atomic E-state index is 0.724. The van der Waals surface area contributed by atoms with E-state index in [1.165, 1.54) is 10.3 Å². The van der Waals surface area contributed by atoms with Crippen molar-refractivity contribution in [2.45, 2.75) is 23.9 Å². The summed E-state index contributed by atoms with van der Waals surface area (Å²) in [5.41, 5.74) is 2.38. The van der Waals surface area contributed by atoms with E-state index in [0.29, 0.717) is 0 Å². The SMILES string of the molecule is CCN(CC)CCOc1ccc2nc(SCc3ccccc3)sc2c1. The van der Waals surface area contributed by atoms with Crippen LogP contribution in [-0.2, 0) is 5.75 Å². The van der Waals surface area contributed by atoms with Crippen molar-refractivity contribution >= 4 is 33.3 Å². The lowest BCUT2D eigenvalue weighted by atomic mass is 10.2. The van der Waals surface area contributed by atoms with Crippen LogP contribution in [0.3, 0.4) is 0 Å². The summed E-state index contributed by atoms with van der Waals surface area (Å²) in [5, 5.41) is 0. The molecule has 3 rings (SSSR count). The lowest BCUT2D eigenvalue weighted by molar-refractivity contribution is 0.223. The molecule has 0 saturated heterocycles.